The lowest BCUT2D eigenvalue weighted by atomic mass is 10.2. The Morgan fingerprint density at radius 2 is 1.66 bits per heavy atom. The SMILES string of the molecule is COc1cccc2c(NCc3ccccc3)nc(-n3c(N)nc4ccccc43)nc12.CS(=O)(=O)O. The van der Waals surface area contributed by atoms with E-state index >= 15 is 0 Å². The lowest BCUT2D eigenvalue weighted by molar-refractivity contribution is 0.419. The van der Waals surface area contributed by atoms with E-state index in [-0.39, 0.29) is 0 Å². The van der Waals surface area contributed by atoms with Crippen LogP contribution in [-0.2, 0) is 16.7 Å². The molecule has 0 aliphatic carbocycles. The molecule has 2 heterocycles. The summed E-state index contributed by atoms with van der Waals surface area (Å²) in [6, 6.07) is 23.7. The Kier molecular flexibility index (Phi) is 6.80. The summed E-state index contributed by atoms with van der Waals surface area (Å²) in [6.45, 7) is 0.629. The van der Waals surface area contributed by atoms with Crippen LogP contribution in [0.25, 0.3) is 27.9 Å². The van der Waals surface area contributed by atoms with E-state index in [0.717, 1.165) is 22.0 Å². The van der Waals surface area contributed by atoms with E-state index in [1.807, 2.05) is 60.7 Å². The number of para-hydroxylation sites is 3. The monoisotopic (exact) mass is 492 g/mol. The number of anilines is 2. The Hall–Kier alpha value is -4.22. The fraction of sp³-hybridized carbons (Fsp3) is 0.125. The molecule has 0 aliphatic heterocycles. The van der Waals surface area contributed by atoms with Crippen LogP contribution in [0.15, 0.2) is 72.8 Å². The summed E-state index contributed by atoms with van der Waals surface area (Å²) in [5.74, 6) is 2.14. The average molecular weight is 493 g/mol. The van der Waals surface area contributed by atoms with Crippen molar-refractivity contribution in [3.8, 4) is 11.7 Å². The van der Waals surface area contributed by atoms with E-state index in [2.05, 4.69) is 22.4 Å². The molecule has 0 spiro atoms. The van der Waals surface area contributed by atoms with Gasteiger partial charge < -0.3 is 15.8 Å². The first-order valence-corrected chi connectivity index (χ1v) is 12.4. The highest BCUT2D eigenvalue weighted by Gasteiger charge is 2.17. The lowest BCUT2D eigenvalue weighted by Gasteiger charge is -2.14. The number of nitrogens with zero attached hydrogens (tertiary/aromatic N) is 4. The molecule has 4 N–H and O–H groups in total. The predicted molar refractivity (Wildman–Crippen MR) is 136 cm³/mol. The van der Waals surface area contributed by atoms with Crippen LogP contribution < -0.4 is 15.8 Å². The van der Waals surface area contributed by atoms with Crippen LogP contribution in [0.1, 0.15) is 5.56 Å². The van der Waals surface area contributed by atoms with Crippen LogP contribution in [-0.4, -0.2) is 45.9 Å². The van der Waals surface area contributed by atoms with Crippen molar-refractivity contribution in [2.24, 2.45) is 0 Å². The van der Waals surface area contributed by atoms with E-state index in [4.69, 9.17) is 25.0 Å². The van der Waals surface area contributed by atoms with E-state index < -0.39 is 10.1 Å². The summed E-state index contributed by atoms with van der Waals surface area (Å²) in [4.78, 5) is 14.0. The molecule has 0 fully saturated rings. The summed E-state index contributed by atoms with van der Waals surface area (Å²) < 4.78 is 33.2. The molecule has 5 aromatic rings. The number of imidazole rings is 1. The van der Waals surface area contributed by atoms with Crippen molar-refractivity contribution in [1.82, 2.24) is 19.5 Å². The van der Waals surface area contributed by atoms with Crippen LogP contribution in [0, 0.1) is 0 Å². The lowest BCUT2D eigenvalue weighted by Crippen LogP contribution is -2.10. The number of hydrogen-bond donors (Lipinski definition) is 3. The third-order valence-corrected chi connectivity index (χ3v) is 4.99. The van der Waals surface area contributed by atoms with Gasteiger partial charge >= 0.3 is 0 Å². The maximum atomic E-state index is 9.19. The first-order chi connectivity index (χ1) is 16.7. The number of rotatable bonds is 5. The van der Waals surface area contributed by atoms with Crippen LogP contribution in [0.4, 0.5) is 11.8 Å². The second kappa shape index (κ2) is 9.95. The van der Waals surface area contributed by atoms with Gasteiger partial charge in [0.2, 0.25) is 11.9 Å². The van der Waals surface area contributed by atoms with Gasteiger partial charge in [0, 0.05) is 11.9 Å². The molecule has 11 heteroatoms. The number of fused-ring (bicyclic) bond motifs is 2. The van der Waals surface area contributed by atoms with Gasteiger partial charge in [-0.1, -0.05) is 48.5 Å². The molecule has 3 aromatic carbocycles. The first-order valence-electron chi connectivity index (χ1n) is 10.5. The molecule has 0 unspecified atom stereocenters. The third kappa shape index (κ3) is 5.65. The van der Waals surface area contributed by atoms with Crippen molar-refractivity contribution in [2.75, 3.05) is 24.4 Å². The van der Waals surface area contributed by atoms with Gasteiger partial charge in [-0.3, -0.25) is 4.55 Å². The van der Waals surface area contributed by atoms with Crippen LogP contribution >= 0.6 is 0 Å². The fourth-order valence-corrected chi connectivity index (χ4v) is 3.55. The smallest absolute Gasteiger partial charge is 0.261 e. The van der Waals surface area contributed by atoms with Crippen molar-refractivity contribution in [2.45, 2.75) is 6.54 Å². The zero-order chi connectivity index (χ0) is 25.0. The van der Waals surface area contributed by atoms with Crippen molar-refractivity contribution < 1.29 is 17.7 Å². The van der Waals surface area contributed by atoms with Crippen molar-refractivity contribution >= 4 is 43.8 Å². The molecule has 5 rings (SSSR count). The number of benzene rings is 3. The molecular weight excluding hydrogens is 468 g/mol. The minimum atomic E-state index is -3.67. The molecule has 0 saturated heterocycles. The van der Waals surface area contributed by atoms with Crippen LogP contribution in [0.3, 0.4) is 0 Å². The van der Waals surface area contributed by atoms with Gasteiger partial charge in [-0.2, -0.15) is 13.4 Å². The van der Waals surface area contributed by atoms with Gasteiger partial charge in [-0.25, -0.2) is 14.5 Å². The van der Waals surface area contributed by atoms with Gasteiger partial charge in [0.05, 0.1) is 24.4 Å². The number of nitrogens with two attached hydrogens (primary N) is 1. The van der Waals surface area contributed by atoms with Gasteiger partial charge in [-0.15, -0.1) is 0 Å². The fourth-order valence-electron chi connectivity index (χ4n) is 3.55. The Morgan fingerprint density at radius 1 is 0.971 bits per heavy atom. The minimum absolute atomic E-state index is 0.333. The maximum absolute atomic E-state index is 9.19. The van der Waals surface area contributed by atoms with Gasteiger partial charge in [0.1, 0.15) is 17.1 Å². The van der Waals surface area contributed by atoms with E-state index in [0.29, 0.717) is 41.8 Å². The number of nitrogens with one attached hydrogen (secondary N) is 1. The number of methoxy groups -OCH3 is 1. The van der Waals surface area contributed by atoms with E-state index in [1.54, 1.807) is 11.7 Å². The molecule has 0 radical (unpaired) electrons. The first kappa shape index (κ1) is 23.9. The van der Waals surface area contributed by atoms with Crippen LogP contribution in [0.2, 0.25) is 0 Å². The summed E-state index contributed by atoms with van der Waals surface area (Å²) in [5, 5.41) is 4.32. The summed E-state index contributed by atoms with van der Waals surface area (Å²) >= 11 is 0. The second-order valence-electron chi connectivity index (χ2n) is 7.59. The number of aromatic nitrogens is 4. The number of hydrogen-bond acceptors (Lipinski definition) is 8. The normalized spacial score (nSPS) is 11.2. The topological polar surface area (TPSA) is 145 Å². The van der Waals surface area contributed by atoms with E-state index in [9.17, 15) is 8.42 Å². The summed E-state index contributed by atoms with van der Waals surface area (Å²) in [5.41, 5.74) is 9.73. The molecule has 180 valence electrons. The van der Waals surface area contributed by atoms with Gasteiger partial charge in [0.15, 0.2) is 0 Å². The average Bonchev–Trinajstić information content (AvgIpc) is 3.17. The third-order valence-electron chi connectivity index (χ3n) is 4.99. The standard InChI is InChI=1S/C23H20N6O.CH4O3S/c1-30-19-13-7-10-16-20(19)27-23(28-21(16)25-14-15-8-3-2-4-9-15)29-18-12-6-5-11-17(18)26-22(29)24;1-5(2,3)4/h2-13H,14H2,1H3,(H2,24,26)(H,25,27,28);1H3,(H,2,3,4). The van der Waals surface area contributed by atoms with Crippen molar-refractivity contribution in [1.29, 1.82) is 0 Å². The largest absolute Gasteiger partial charge is 0.494 e. The molecule has 0 atom stereocenters. The summed E-state index contributed by atoms with van der Waals surface area (Å²) in [6.07, 6.45) is 0.715. The van der Waals surface area contributed by atoms with Crippen molar-refractivity contribution in [3.63, 3.8) is 0 Å². The quantitative estimate of drug-likeness (QED) is 0.313. The molecule has 35 heavy (non-hydrogen) atoms. The molecule has 0 aliphatic rings. The Bertz CT molecular complexity index is 1580. The molecule has 0 saturated carbocycles. The zero-order valence-corrected chi connectivity index (χ0v) is 19.9. The highest BCUT2D eigenvalue weighted by Crippen LogP contribution is 2.31. The van der Waals surface area contributed by atoms with Gasteiger partial charge in [0.25, 0.3) is 10.1 Å². The maximum Gasteiger partial charge on any atom is 0.261 e. The molecule has 10 nitrogen and oxygen atoms in total. The zero-order valence-electron chi connectivity index (χ0n) is 19.1. The minimum Gasteiger partial charge on any atom is -0.494 e. The molecule has 0 bridgehead atoms. The Morgan fingerprint density at radius 3 is 2.37 bits per heavy atom. The Labute approximate surface area is 202 Å². The highest BCUT2D eigenvalue weighted by atomic mass is 32.2. The predicted octanol–water partition coefficient (Wildman–Crippen LogP) is 3.68. The molecule has 2 aromatic heterocycles. The second-order valence-corrected chi connectivity index (χ2v) is 9.06. The number of ether oxygens (including phenoxy) is 1. The number of nitrogen functional groups attached to an aromatic ring is 1. The Balaban J connectivity index is 0.000000527. The molecular formula is C24H24N6O4S. The van der Waals surface area contributed by atoms with E-state index in [1.165, 1.54) is 0 Å². The van der Waals surface area contributed by atoms with Gasteiger partial charge in [-0.05, 0) is 29.8 Å². The summed E-state index contributed by atoms with van der Waals surface area (Å²) in [7, 11) is -2.03. The van der Waals surface area contributed by atoms with Crippen molar-refractivity contribution in [3.05, 3.63) is 78.4 Å². The highest BCUT2D eigenvalue weighted by molar-refractivity contribution is 7.85. The van der Waals surface area contributed by atoms with Crippen LogP contribution in [0.5, 0.6) is 5.75 Å². The molecule has 0 amide bonds.